The van der Waals surface area contributed by atoms with Crippen LogP contribution in [0.3, 0.4) is 0 Å². The van der Waals surface area contributed by atoms with Crippen molar-refractivity contribution in [3.8, 4) is 0 Å². The zero-order chi connectivity index (χ0) is 9.61. The summed E-state index contributed by atoms with van der Waals surface area (Å²) in [6.07, 6.45) is 7.62. The predicted octanol–water partition coefficient (Wildman–Crippen LogP) is 4.45. The SMILES string of the molecule is CC[CH]C(C)CC(C)(CC)CC. The Balaban J connectivity index is 3.84. The predicted molar refractivity (Wildman–Crippen MR) is 57.1 cm³/mol. The molecule has 0 spiro atoms. The normalized spacial score (nSPS) is 14.8. The van der Waals surface area contributed by atoms with Crippen molar-refractivity contribution >= 4 is 0 Å². The fraction of sp³-hybridized carbons (Fsp3) is 0.917. The average Bonchev–Trinajstić information content (AvgIpc) is 2.05. The molecule has 0 heteroatoms. The van der Waals surface area contributed by atoms with E-state index in [4.69, 9.17) is 0 Å². The van der Waals surface area contributed by atoms with Gasteiger partial charge in [-0.15, -0.1) is 0 Å². The fourth-order valence-corrected chi connectivity index (χ4v) is 1.80. The fourth-order valence-electron chi connectivity index (χ4n) is 1.80. The molecule has 0 aliphatic rings. The molecular weight excluding hydrogens is 144 g/mol. The highest BCUT2D eigenvalue weighted by atomic mass is 14.3. The first-order valence-corrected chi connectivity index (χ1v) is 5.41. The molecule has 0 N–H and O–H groups in total. The van der Waals surface area contributed by atoms with Gasteiger partial charge in [0, 0.05) is 0 Å². The number of rotatable bonds is 6. The third kappa shape index (κ3) is 4.13. The van der Waals surface area contributed by atoms with E-state index in [9.17, 15) is 0 Å². The Morgan fingerprint density at radius 1 is 1.17 bits per heavy atom. The van der Waals surface area contributed by atoms with E-state index < -0.39 is 0 Å². The van der Waals surface area contributed by atoms with Gasteiger partial charge in [0.25, 0.3) is 0 Å². The van der Waals surface area contributed by atoms with Gasteiger partial charge in [0.2, 0.25) is 0 Å². The number of hydrogen-bond donors (Lipinski definition) is 0. The molecule has 0 aliphatic carbocycles. The lowest BCUT2D eigenvalue weighted by Gasteiger charge is -2.29. The highest BCUT2D eigenvalue weighted by molar-refractivity contribution is 4.79. The molecule has 0 aliphatic heterocycles. The van der Waals surface area contributed by atoms with E-state index in [2.05, 4.69) is 41.0 Å². The molecule has 0 saturated heterocycles. The summed E-state index contributed by atoms with van der Waals surface area (Å²) in [5.41, 5.74) is 0.574. The highest BCUT2D eigenvalue weighted by Gasteiger charge is 2.21. The zero-order valence-electron chi connectivity index (χ0n) is 9.48. The summed E-state index contributed by atoms with van der Waals surface area (Å²) >= 11 is 0. The van der Waals surface area contributed by atoms with Crippen LogP contribution < -0.4 is 0 Å². The summed E-state index contributed by atoms with van der Waals surface area (Å²) in [7, 11) is 0. The maximum absolute atomic E-state index is 2.43. The molecule has 12 heavy (non-hydrogen) atoms. The van der Waals surface area contributed by atoms with Crippen molar-refractivity contribution in [3.63, 3.8) is 0 Å². The topological polar surface area (TPSA) is 0 Å². The van der Waals surface area contributed by atoms with E-state index in [1.54, 1.807) is 0 Å². The Morgan fingerprint density at radius 3 is 2.00 bits per heavy atom. The van der Waals surface area contributed by atoms with Crippen LogP contribution in [0.4, 0.5) is 0 Å². The van der Waals surface area contributed by atoms with Gasteiger partial charge in [-0.2, -0.15) is 0 Å². The van der Waals surface area contributed by atoms with E-state index in [0.717, 1.165) is 5.92 Å². The summed E-state index contributed by atoms with van der Waals surface area (Å²) in [5, 5.41) is 0. The Hall–Kier alpha value is 0. The molecule has 0 aromatic carbocycles. The van der Waals surface area contributed by atoms with Crippen molar-refractivity contribution in [2.45, 2.75) is 60.3 Å². The van der Waals surface area contributed by atoms with Crippen molar-refractivity contribution in [3.05, 3.63) is 6.42 Å². The largest absolute Gasteiger partial charge is 0.0651 e. The summed E-state index contributed by atoms with van der Waals surface area (Å²) in [4.78, 5) is 0. The Labute approximate surface area is 78.8 Å². The standard InChI is InChI=1S/C12H25/c1-6-9-11(4)10-12(5,7-2)8-3/h9,11H,6-8,10H2,1-5H3. The second kappa shape index (κ2) is 5.61. The summed E-state index contributed by atoms with van der Waals surface area (Å²) in [6.45, 7) is 11.6. The van der Waals surface area contributed by atoms with Gasteiger partial charge >= 0.3 is 0 Å². The van der Waals surface area contributed by atoms with Crippen LogP contribution in [0.2, 0.25) is 0 Å². The van der Waals surface area contributed by atoms with Crippen LogP contribution in [0, 0.1) is 17.8 Å². The molecule has 1 atom stereocenters. The maximum Gasteiger partial charge on any atom is -0.0328 e. The van der Waals surface area contributed by atoms with Gasteiger partial charge in [0.15, 0.2) is 0 Å². The van der Waals surface area contributed by atoms with Gasteiger partial charge in [0.1, 0.15) is 0 Å². The van der Waals surface area contributed by atoms with Crippen molar-refractivity contribution < 1.29 is 0 Å². The zero-order valence-corrected chi connectivity index (χ0v) is 9.48. The van der Waals surface area contributed by atoms with Gasteiger partial charge in [-0.25, -0.2) is 0 Å². The maximum atomic E-state index is 2.43. The molecule has 73 valence electrons. The minimum atomic E-state index is 0.574. The summed E-state index contributed by atoms with van der Waals surface area (Å²) < 4.78 is 0. The van der Waals surface area contributed by atoms with Crippen LogP contribution in [-0.2, 0) is 0 Å². The smallest absolute Gasteiger partial charge is 0.0328 e. The lowest BCUT2D eigenvalue weighted by atomic mass is 9.76. The monoisotopic (exact) mass is 169 g/mol. The van der Waals surface area contributed by atoms with Crippen LogP contribution in [0.25, 0.3) is 0 Å². The average molecular weight is 169 g/mol. The van der Waals surface area contributed by atoms with Crippen molar-refractivity contribution in [2.24, 2.45) is 11.3 Å². The molecule has 0 heterocycles. The van der Waals surface area contributed by atoms with Crippen LogP contribution in [0.15, 0.2) is 0 Å². The van der Waals surface area contributed by atoms with Crippen LogP contribution in [-0.4, -0.2) is 0 Å². The molecule has 0 saturated carbocycles. The van der Waals surface area contributed by atoms with E-state index in [0.29, 0.717) is 5.41 Å². The van der Waals surface area contributed by atoms with E-state index in [1.165, 1.54) is 25.7 Å². The van der Waals surface area contributed by atoms with E-state index >= 15 is 0 Å². The summed E-state index contributed by atoms with van der Waals surface area (Å²) in [6, 6.07) is 0. The highest BCUT2D eigenvalue weighted by Crippen LogP contribution is 2.34. The lowest BCUT2D eigenvalue weighted by molar-refractivity contribution is 0.239. The summed E-state index contributed by atoms with van der Waals surface area (Å²) in [5.74, 6) is 0.792. The molecule has 0 rings (SSSR count). The second-order valence-corrected chi connectivity index (χ2v) is 4.34. The first-order valence-electron chi connectivity index (χ1n) is 5.41. The van der Waals surface area contributed by atoms with Crippen LogP contribution in [0.1, 0.15) is 60.3 Å². The molecule has 0 aromatic heterocycles. The first kappa shape index (κ1) is 12.0. The minimum absolute atomic E-state index is 0.574. The van der Waals surface area contributed by atoms with Crippen LogP contribution >= 0.6 is 0 Å². The molecule has 1 radical (unpaired) electrons. The molecule has 0 aromatic rings. The molecule has 0 nitrogen and oxygen atoms in total. The quantitative estimate of drug-likeness (QED) is 0.551. The van der Waals surface area contributed by atoms with Crippen molar-refractivity contribution in [1.29, 1.82) is 0 Å². The van der Waals surface area contributed by atoms with Crippen LogP contribution in [0.5, 0.6) is 0 Å². The molecule has 0 amide bonds. The Bertz CT molecular complexity index is 101. The molecular formula is C12H25. The Kier molecular flexibility index (Phi) is 5.61. The van der Waals surface area contributed by atoms with Gasteiger partial charge in [-0.05, 0) is 24.2 Å². The molecule has 0 bridgehead atoms. The number of hydrogen-bond acceptors (Lipinski definition) is 0. The Morgan fingerprint density at radius 2 is 1.67 bits per heavy atom. The van der Waals surface area contributed by atoms with Gasteiger partial charge < -0.3 is 0 Å². The third-order valence-corrected chi connectivity index (χ3v) is 3.16. The van der Waals surface area contributed by atoms with E-state index in [1.807, 2.05) is 0 Å². The first-order chi connectivity index (χ1) is 5.58. The van der Waals surface area contributed by atoms with Gasteiger partial charge in [-0.1, -0.05) is 53.9 Å². The van der Waals surface area contributed by atoms with E-state index in [-0.39, 0.29) is 0 Å². The van der Waals surface area contributed by atoms with Gasteiger partial charge in [0.05, 0.1) is 0 Å². The molecule has 0 fully saturated rings. The van der Waals surface area contributed by atoms with Crippen molar-refractivity contribution in [1.82, 2.24) is 0 Å². The third-order valence-electron chi connectivity index (χ3n) is 3.16. The molecule has 1 unspecified atom stereocenters. The lowest BCUT2D eigenvalue weighted by Crippen LogP contribution is -2.17. The van der Waals surface area contributed by atoms with Crippen molar-refractivity contribution in [2.75, 3.05) is 0 Å². The minimum Gasteiger partial charge on any atom is -0.0651 e. The second-order valence-electron chi connectivity index (χ2n) is 4.34. The van der Waals surface area contributed by atoms with Gasteiger partial charge in [-0.3, -0.25) is 0 Å².